The van der Waals surface area contributed by atoms with Gasteiger partial charge in [0.25, 0.3) is 0 Å². The third-order valence-electron chi connectivity index (χ3n) is 1.60. The molecule has 0 amide bonds. The van der Waals surface area contributed by atoms with Gasteiger partial charge in [-0.2, -0.15) is 5.26 Å². The van der Waals surface area contributed by atoms with Crippen LogP contribution < -0.4 is 5.73 Å². The summed E-state index contributed by atoms with van der Waals surface area (Å²) >= 11 is 0. The van der Waals surface area contributed by atoms with E-state index in [-0.39, 0.29) is 5.41 Å². The van der Waals surface area contributed by atoms with E-state index in [0.717, 1.165) is 6.54 Å². The summed E-state index contributed by atoms with van der Waals surface area (Å²) in [4.78, 5) is 2.10. The molecule has 0 aromatic carbocycles. The summed E-state index contributed by atoms with van der Waals surface area (Å²) < 4.78 is 0. The lowest BCUT2D eigenvalue weighted by atomic mass is 9.95. The Kier molecular flexibility index (Phi) is 3.89. The Hall–Kier alpha value is -0.590. The Morgan fingerprint density at radius 1 is 1.23 bits per heavy atom. The molecule has 76 valence electrons. The molecule has 1 atom stereocenters. The number of nitriles is 1. The zero-order chi connectivity index (χ0) is 10.7. The second-order valence-electron chi connectivity index (χ2n) is 5.26. The van der Waals surface area contributed by atoms with Gasteiger partial charge in [-0.15, -0.1) is 0 Å². The van der Waals surface area contributed by atoms with Gasteiger partial charge in [0.2, 0.25) is 0 Å². The van der Waals surface area contributed by atoms with Gasteiger partial charge >= 0.3 is 0 Å². The first-order valence-corrected chi connectivity index (χ1v) is 4.55. The minimum Gasteiger partial charge on any atom is -0.313 e. The van der Waals surface area contributed by atoms with Crippen molar-refractivity contribution in [1.29, 1.82) is 5.26 Å². The fourth-order valence-electron chi connectivity index (χ4n) is 1.46. The van der Waals surface area contributed by atoms with Gasteiger partial charge in [0.1, 0.15) is 5.54 Å². The Labute approximate surface area is 81.5 Å². The van der Waals surface area contributed by atoms with Crippen molar-refractivity contribution in [2.75, 3.05) is 20.1 Å². The molecule has 0 saturated heterocycles. The van der Waals surface area contributed by atoms with Crippen molar-refractivity contribution in [2.24, 2.45) is 11.1 Å². The van der Waals surface area contributed by atoms with E-state index in [9.17, 15) is 0 Å². The highest BCUT2D eigenvalue weighted by atomic mass is 15.1. The average molecular weight is 183 g/mol. The number of nitrogens with two attached hydrogens (primary N) is 1. The zero-order valence-electron chi connectivity index (χ0n) is 9.39. The molecule has 0 aromatic rings. The summed E-state index contributed by atoms with van der Waals surface area (Å²) in [7, 11) is 1.99. The van der Waals surface area contributed by atoms with E-state index >= 15 is 0 Å². The van der Waals surface area contributed by atoms with Crippen LogP contribution in [0.3, 0.4) is 0 Å². The fraction of sp³-hybridized carbons (Fsp3) is 0.900. The number of rotatable bonds is 3. The van der Waals surface area contributed by atoms with Crippen LogP contribution in [-0.2, 0) is 0 Å². The van der Waals surface area contributed by atoms with Crippen LogP contribution in [0.5, 0.6) is 0 Å². The molecule has 0 aromatic heterocycles. The summed E-state index contributed by atoms with van der Waals surface area (Å²) in [6, 6.07) is 2.09. The van der Waals surface area contributed by atoms with Crippen LogP contribution in [0.1, 0.15) is 27.7 Å². The van der Waals surface area contributed by atoms with E-state index in [0.29, 0.717) is 6.54 Å². The van der Waals surface area contributed by atoms with Crippen LogP contribution in [-0.4, -0.2) is 30.6 Å². The minimum atomic E-state index is -0.736. The number of likely N-dealkylation sites (N-methyl/N-ethyl adjacent to an activating group) is 1. The predicted molar refractivity (Wildman–Crippen MR) is 55.2 cm³/mol. The van der Waals surface area contributed by atoms with Gasteiger partial charge in [-0.05, 0) is 19.4 Å². The van der Waals surface area contributed by atoms with Crippen molar-refractivity contribution < 1.29 is 0 Å². The molecule has 0 fully saturated rings. The van der Waals surface area contributed by atoms with E-state index < -0.39 is 5.54 Å². The Bertz CT molecular complexity index is 195. The monoisotopic (exact) mass is 183 g/mol. The highest BCUT2D eigenvalue weighted by molar-refractivity contribution is 5.02. The quantitative estimate of drug-likeness (QED) is 0.715. The second kappa shape index (κ2) is 4.08. The predicted octanol–water partition coefficient (Wildman–Crippen LogP) is 1.21. The van der Waals surface area contributed by atoms with Crippen LogP contribution in [0.25, 0.3) is 0 Å². The van der Waals surface area contributed by atoms with Gasteiger partial charge in [-0.25, -0.2) is 0 Å². The molecule has 0 spiro atoms. The number of nitrogens with zero attached hydrogens (tertiary/aromatic N) is 2. The van der Waals surface area contributed by atoms with Crippen molar-refractivity contribution in [3.05, 3.63) is 0 Å². The summed E-state index contributed by atoms with van der Waals surface area (Å²) in [6.07, 6.45) is 0. The fourth-order valence-corrected chi connectivity index (χ4v) is 1.46. The van der Waals surface area contributed by atoms with E-state index in [1.807, 2.05) is 7.05 Å². The van der Waals surface area contributed by atoms with Crippen molar-refractivity contribution in [3.63, 3.8) is 0 Å². The molecule has 2 N–H and O–H groups in total. The Morgan fingerprint density at radius 2 is 1.69 bits per heavy atom. The SMILES string of the molecule is CN(CC(C)(C)C)CC(C)(N)C#N. The maximum Gasteiger partial charge on any atom is 0.114 e. The first-order valence-electron chi connectivity index (χ1n) is 4.55. The molecular formula is C10H21N3. The molecule has 0 aliphatic rings. The van der Waals surface area contributed by atoms with Gasteiger partial charge in [-0.3, -0.25) is 0 Å². The lowest BCUT2D eigenvalue weighted by molar-refractivity contribution is 0.206. The van der Waals surface area contributed by atoms with Gasteiger partial charge in [-0.1, -0.05) is 20.8 Å². The van der Waals surface area contributed by atoms with Crippen LogP contribution in [0, 0.1) is 16.7 Å². The summed E-state index contributed by atoms with van der Waals surface area (Å²) in [5.41, 5.74) is 5.25. The van der Waals surface area contributed by atoms with Gasteiger partial charge < -0.3 is 10.6 Å². The van der Waals surface area contributed by atoms with Crippen LogP contribution >= 0.6 is 0 Å². The number of hydrogen-bond donors (Lipinski definition) is 1. The van der Waals surface area contributed by atoms with E-state index in [1.165, 1.54) is 0 Å². The normalized spacial score (nSPS) is 16.8. The molecule has 0 heterocycles. The van der Waals surface area contributed by atoms with Crippen molar-refractivity contribution in [2.45, 2.75) is 33.2 Å². The van der Waals surface area contributed by atoms with E-state index in [1.54, 1.807) is 6.92 Å². The molecule has 3 nitrogen and oxygen atoms in total. The molecular weight excluding hydrogens is 162 g/mol. The minimum absolute atomic E-state index is 0.250. The molecule has 0 aliphatic heterocycles. The van der Waals surface area contributed by atoms with Gasteiger partial charge in [0, 0.05) is 13.1 Å². The maximum absolute atomic E-state index is 8.74. The molecule has 0 bridgehead atoms. The molecule has 0 saturated carbocycles. The Balaban J connectivity index is 4.04. The highest BCUT2D eigenvalue weighted by Crippen LogP contribution is 2.15. The van der Waals surface area contributed by atoms with Gasteiger partial charge in [0.15, 0.2) is 0 Å². The van der Waals surface area contributed by atoms with Gasteiger partial charge in [0.05, 0.1) is 6.07 Å². The molecule has 1 unspecified atom stereocenters. The van der Waals surface area contributed by atoms with Crippen molar-refractivity contribution in [3.8, 4) is 6.07 Å². The zero-order valence-corrected chi connectivity index (χ0v) is 9.39. The summed E-state index contributed by atoms with van der Waals surface area (Å²) in [5, 5.41) is 8.74. The molecule has 3 heteroatoms. The molecule has 0 aliphatic carbocycles. The van der Waals surface area contributed by atoms with E-state index in [2.05, 4.69) is 31.7 Å². The summed E-state index contributed by atoms with van der Waals surface area (Å²) in [6.45, 7) is 9.82. The van der Waals surface area contributed by atoms with Crippen LogP contribution in [0.2, 0.25) is 0 Å². The molecule has 0 radical (unpaired) electrons. The standard InChI is InChI=1S/C10H21N3/c1-9(2,3)7-13(5)8-10(4,12)6-11/h7-8,12H2,1-5H3. The highest BCUT2D eigenvalue weighted by Gasteiger charge is 2.22. The Morgan fingerprint density at radius 3 is 2.00 bits per heavy atom. The first-order chi connectivity index (χ1) is 5.66. The summed E-state index contributed by atoms with van der Waals surface area (Å²) in [5.74, 6) is 0. The lowest BCUT2D eigenvalue weighted by Gasteiger charge is -2.30. The number of hydrogen-bond acceptors (Lipinski definition) is 3. The van der Waals surface area contributed by atoms with Crippen molar-refractivity contribution in [1.82, 2.24) is 4.90 Å². The lowest BCUT2D eigenvalue weighted by Crippen LogP contribution is -2.47. The van der Waals surface area contributed by atoms with Crippen molar-refractivity contribution >= 4 is 0 Å². The van der Waals surface area contributed by atoms with Crippen LogP contribution in [0.15, 0.2) is 0 Å². The largest absolute Gasteiger partial charge is 0.313 e. The third kappa shape index (κ3) is 6.56. The molecule has 13 heavy (non-hydrogen) atoms. The maximum atomic E-state index is 8.74. The third-order valence-corrected chi connectivity index (χ3v) is 1.60. The molecule has 0 rings (SSSR count). The topological polar surface area (TPSA) is 53.0 Å². The average Bonchev–Trinajstić information content (AvgIpc) is 1.81. The van der Waals surface area contributed by atoms with Crippen LogP contribution in [0.4, 0.5) is 0 Å². The van der Waals surface area contributed by atoms with E-state index in [4.69, 9.17) is 11.0 Å². The smallest absolute Gasteiger partial charge is 0.114 e. The second-order valence-corrected chi connectivity index (χ2v) is 5.26. The first kappa shape index (κ1) is 12.4.